The molecule has 0 radical (unpaired) electrons. The Morgan fingerprint density at radius 1 is 1.54 bits per heavy atom. The van der Waals surface area contributed by atoms with Crippen molar-refractivity contribution in [1.29, 1.82) is 0 Å². The Hall–Kier alpha value is -0.570. The van der Waals surface area contributed by atoms with Crippen molar-refractivity contribution in [2.24, 2.45) is 5.41 Å². The second kappa shape index (κ2) is 2.98. The van der Waals surface area contributed by atoms with Crippen molar-refractivity contribution in [2.45, 2.75) is 45.3 Å². The van der Waals surface area contributed by atoms with Crippen LogP contribution in [0.3, 0.4) is 0 Å². The summed E-state index contributed by atoms with van der Waals surface area (Å²) >= 11 is 0. The third-order valence-electron chi connectivity index (χ3n) is 3.05. The van der Waals surface area contributed by atoms with Crippen LogP contribution >= 0.6 is 0 Å². The van der Waals surface area contributed by atoms with E-state index in [0.29, 0.717) is 11.5 Å². The Kier molecular flexibility index (Phi) is 2.06. The minimum Gasteiger partial charge on any atom is -0.368 e. The fourth-order valence-electron chi connectivity index (χ4n) is 1.76. The first-order valence-corrected chi connectivity index (χ1v) is 5.01. The normalized spacial score (nSPS) is 35.8. The second-order valence-electron chi connectivity index (χ2n) is 4.76. The number of hydrogen-bond acceptors (Lipinski definition) is 2. The SMILES string of the molecule is CC1(C)CC1NC(=O)[C@@H]1CCCO1. The lowest BCUT2D eigenvalue weighted by Crippen LogP contribution is -2.37. The number of ether oxygens (including phenoxy) is 1. The summed E-state index contributed by atoms with van der Waals surface area (Å²) in [5, 5.41) is 3.02. The van der Waals surface area contributed by atoms with Crippen molar-refractivity contribution >= 4 is 5.91 Å². The third kappa shape index (κ3) is 1.85. The molecule has 1 N–H and O–H groups in total. The molecule has 0 aromatic carbocycles. The minimum atomic E-state index is -0.170. The Labute approximate surface area is 78.8 Å². The van der Waals surface area contributed by atoms with Gasteiger partial charge in [0.2, 0.25) is 5.91 Å². The lowest BCUT2D eigenvalue weighted by Gasteiger charge is -2.11. The molecule has 2 atom stereocenters. The summed E-state index contributed by atoms with van der Waals surface area (Å²) < 4.78 is 5.30. The van der Waals surface area contributed by atoms with Gasteiger partial charge in [-0.15, -0.1) is 0 Å². The summed E-state index contributed by atoms with van der Waals surface area (Å²) in [6, 6.07) is 0.379. The average molecular weight is 183 g/mol. The molecule has 74 valence electrons. The van der Waals surface area contributed by atoms with Crippen molar-refractivity contribution in [2.75, 3.05) is 6.61 Å². The number of carbonyl (C=O) groups excluding carboxylic acids is 1. The summed E-state index contributed by atoms with van der Waals surface area (Å²) in [6.45, 7) is 5.09. The molecule has 2 rings (SSSR count). The Balaban J connectivity index is 1.79. The van der Waals surface area contributed by atoms with Gasteiger partial charge in [-0.1, -0.05) is 13.8 Å². The molecule has 1 amide bonds. The van der Waals surface area contributed by atoms with E-state index in [4.69, 9.17) is 4.74 Å². The van der Waals surface area contributed by atoms with E-state index in [2.05, 4.69) is 19.2 Å². The first kappa shape index (κ1) is 9.00. The second-order valence-corrected chi connectivity index (χ2v) is 4.76. The van der Waals surface area contributed by atoms with Crippen LogP contribution in [0, 0.1) is 5.41 Å². The van der Waals surface area contributed by atoms with Gasteiger partial charge < -0.3 is 10.1 Å². The molecule has 3 nitrogen and oxygen atoms in total. The Morgan fingerprint density at radius 2 is 2.23 bits per heavy atom. The predicted octanol–water partition coefficient (Wildman–Crippen LogP) is 1.08. The highest BCUT2D eigenvalue weighted by Gasteiger charge is 2.47. The molecule has 0 aromatic heterocycles. The molecule has 1 unspecified atom stereocenters. The Bertz CT molecular complexity index is 219. The molecule has 1 saturated heterocycles. The van der Waals surface area contributed by atoms with Gasteiger partial charge >= 0.3 is 0 Å². The van der Waals surface area contributed by atoms with E-state index in [1.165, 1.54) is 0 Å². The van der Waals surface area contributed by atoms with Gasteiger partial charge in [-0.25, -0.2) is 0 Å². The highest BCUT2D eigenvalue weighted by molar-refractivity contribution is 5.81. The number of amides is 1. The van der Waals surface area contributed by atoms with Crippen LogP contribution in [0.25, 0.3) is 0 Å². The largest absolute Gasteiger partial charge is 0.368 e. The van der Waals surface area contributed by atoms with Crippen LogP contribution in [-0.4, -0.2) is 24.7 Å². The van der Waals surface area contributed by atoms with Crippen LogP contribution in [0.1, 0.15) is 33.1 Å². The van der Waals surface area contributed by atoms with E-state index in [9.17, 15) is 4.79 Å². The lowest BCUT2D eigenvalue weighted by molar-refractivity contribution is -0.130. The van der Waals surface area contributed by atoms with E-state index in [0.717, 1.165) is 25.9 Å². The van der Waals surface area contributed by atoms with Crippen molar-refractivity contribution in [3.8, 4) is 0 Å². The molecule has 2 fully saturated rings. The fourth-order valence-corrected chi connectivity index (χ4v) is 1.76. The maximum absolute atomic E-state index is 11.5. The van der Waals surface area contributed by atoms with Crippen LogP contribution in [0.15, 0.2) is 0 Å². The molecule has 0 bridgehead atoms. The molecular weight excluding hydrogens is 166 g/mol. The molecule has 0 aromatic rings. The van der Waals surface area contributed by atoms with Gasteiger partial charge in [-0.3, -0.25) is 4.79 Å². The number of hydrogen-bond donors (Lipinski definition) is 1. The van der Waals surface area contributed by atoms with Crippen molar-refractivity contribution in [3.63, 3.8) is 0 Å². The summed E-state index contributed by atoms with van der Waals surface area (Å²) in [5.41, 5.74) is 0.314. The summed E-state index contributed by atoms with van der Waals surface area (Å²) in [4.78, 5) is 11.5. The van der Waals surface area contributed by atoms with Gasteiger partial charge in [-0.2, -0.15) is 0 Å². The summed E-state index contributed by atoms with van der Waals surface area (Å²) in [7, 11) is 0. The zero-order chi connectivity index (χ0) is 9.47. The molecule has 3 heteroatoms. The van der Waals surface area contributed by atoms with Crippen molar-refractivity contribution in [1.82, 2.24) is 5.32 Å². The highest BCUT2D eigenvalue weighted by Crippen LogP contribution is 2.44. The molecule has 0 spiro atoms. The quantitative estimate of drug-likeness (QED) is 0.695. The monoisotopic (exact) mass is 183 g/mol. The van der Waals surface area contributed by atoms with E-state index in [-0.39, 0.29) is 12.0 Å². The summed E-state index contributed by atoms with van der Waals surface area (Å²) in [5.74, 6) is 0.0908. The molecule has 13 heavy (non-hydrogen) atoms. The Morgan fingerprint density at radius 3 is 2.69 bits per heavy atom. The lowest BCUT2D eigenvalue weighted by atomic mass is 10.2. The number of rotatable bonds is 2. The zero-order valence-corrected chi connectivity index (χ0v) is 8.30. The van der Waals surface area contributed by atoms with Crippen molar-refractivity contribution in [3.05, 3.63) is 0 Å². The van der Waals surface area contributed by atoms with Crippen LogP contribution in [-0.2, 0) is 9.53 Å². The van der Waals surface area contributed by atoms with Gasteiger partial charge in [-0.05, 0) is 24.7 Å². The standard InChI is InChI=1S/C10H17NO2/c1-10(2)6-8(10)11-9(12)7-4-3-5-13-7/h7-8H,3-6H2,1-2H3,(H,11,12)/t7-,8?/m0/s1. The predicted molar refractivity (Wildman–Crippen MR) is 49.3 cm³/mol. The van der Waals surface area contributed by atoms with Gasteiger partial charge in [0.15, 0.2) is 0 Å². The first-order valence-electron chi connectivity index (χ1n) is 5.01. The first-order chi connectivity index (χ1) is 6.09. The van der Waals surface area contributed by atoms with Crippen LogP contribution in [0.2, 0.25) is 0 Å². The van der Waals surface area contributed by atoms with E-state index < -0.39 is 0 Å². The molecule has 1 aliphatic heterocycles. The van der Waals surface area contributed by atoms with Gasteiger partial charge in [0.1, 0.15) is 6.10 Å². The highest BCUT2D eigenvalue weighted by atomic mass is 16.5. The zero-order valence-electron chi connectivity index (χ0n) is 8.30. The maximum atomic E-state index is 11.5. The topological polar surface area (TPSA) is 38.3 Å². The van der Waals surface area contributed by atoms with Gasteiger partial charge in [0.05, 0.1) is 0 Å². The molecule has 1 aliphatic carbocycles. The molecule has 1 heterocycles. The summed E-state index contributed by atoms with van der Waals surface area (Å²) in [6.07, 6.45) is 2.84. The molecule has 2 aliphatic rings. The maximum Gasteiger partial charge on any atom is 0.249 e. The molecular formula is C10H17NO2. The van der Waals surface area contributed by atoms with Gasteiger partial charge in [0, 0.05) is 12.6 Å². The number of nitrogens with one attached hydrogen (secondary N) is 1. The van der Waals surface area contributed by atoms with E-state index in [1.807, 2.05) is 0 Å². The third-order valence-corrected chi connectivity index (χ3v) is 3.05. The van der Waals surface area contributed by atoms with Crippen molar-refractivity contribution < 1.29 is 9.53 Å². The van der Waals surface area contributed by atoms with Crippen LogP contribution < -0.4 is 5.32 Å². The fraction of sp³-hybridized carbons (Fsp3) is 0.900. The van der Waals surface area contributed by atoms with E-state index >= 15 is 0 Å². The van der Waals surface area contributed by atoms with E-state index in [1.54, 1.807) is 0 Å². The van der Waals surface area contributed by atoms with Gasteiger partial charge in [0.25, 0.3) is 0 Å². The van der Waals surface area contributed by atoms with Crippen LogP contribution in [0.5, 0.6) is 0 Å². The van der Waals surface area contributed by atoms with Crippen LogP contribution in [0.4, 0.5) is 0 Å². The smallest absolute Gasteiger partial charge is 0.249 e. The minimum absolute atomic E-state index is 0.0908. The number of carbonyl (C=O) groups is 1. The molecule has 1 saturated carbocycles. The average Bonchev–Trinajstić information content (AvgIpc) is 2.58.